The van der Waals surface area contributed by atoms with Gasteiger partial charge in [-0.15, -0.1) is 0 Å². The summed E-state index contributed by atoms with van der Waals surface area (Å²) in [6.07, 6.45) is -0.330. The number of rotatable bonds is 4. The molecule has 162 valence electrons. The van der Waals surface area contributed by atoms with E-state index in [-0.39, 0.29) is 5.56 Å². The Balaban J connectivity index is 1.67. The van der Waals surface area contributed by atoms with Crippen LogP contribution in [0.1, 0.15) is 31.8 Å². The lowest BCUT2D eigenvalue weighted by molar-refractivity contribution is 0.0599. The van der Waals surface area contributed by atoms with Crippen molar-refractivity contribution in [1.82, 2.24) is 4.90 Å². The Morgan fingerprint density at radius 1 is 0.938 bits per heavy atom. The van der Waals surface area contributed by atoms with E-state index >= 15 is 0 Å². The summed E-state index contributed by atoms with van der Waals surface area (Å²) < 4.78 is 4.76. The van der Waals surface area contributed by atoms with Gasteiger partial charge in [0.15, 0.2) is 0 Å². The van der Waals surface area contributed by atoms with E-state index in [1.807, 2.05) is 24.3 Å². The van der Waals surface area contributed by atoms with Crippen LogP contribution in [-0.4, -0.2) is 41.1 Å². The zero-order valence-electron chi connectivity index (χ0n) is 17.2. The fraction of sp³-hybridized carbons (Fsp3) is 0.160. The molecule has 0 saturated carbocycles. The van der Waals surface area contributed by atoms with Crippen molar-refractivity contribution in [3.8, 4) is 11.1 Å². The first-order chi connectivity index (χ1) is 15.4. The van der Waals surface area contributed by atoms with E-state index in [1.165, 1.54) is 13.2 Å². The maximum Gasteiger partial charge on any atom is 0.414 e. The number of amides is 2. The second-order valence-corrected chi connectivity index (χ2v) is 7.96. The highest BCUT2D eigenvalue weighted by molar-refractivity contribution is 6.33. The summed E-state index contributed by atoms with van der Waals surface area (Å²) in [4.78, 5) is 38.1. The number of hydrogen-bond donors (Lipinski definition) is 1. The number of fused-ring (bicyclic) bond motifs is 1. The zero-order chi connectivity index (χ0) is 22.8. The van der Waals surface area contributed by atoms with Gasteiger partial charge in [0, 0.05) is 16.1 Å². The van der Waals surface area contributed by atoms with Crippen LogP contribution < -0.4 is 0 Å². The second-order valence-electron chi connectivity index (χ2n) is 7.56. The summed E-state index contributed by atoms with van der Waals surface area (Å²) >= 11 is 6.37. The van der Waals surface area contributed by atoms with Gasteiger partial charge in [0.05, 0.1) is 18.7 Å². The van der Waals surface area contributed by atoms with E-state index in [1.54, 1.807) is 36.4 Å². The normalized spacial score (nSPS) is 12.8. The Morgan fingerprint density at radius 2 is 1.62 bits per heavy atom. The minimum atomic E-state index is -1.29. The van der Waals surface area contributed by atoms with Gasteiger partial charge >= 0.3 is 12.1 Å². The summed E-state index contributed by atoms with van der Waals surface area (Å²) in [6.45, 7) is 0. The van der Waals surface area contributed by atoms with Crippen LogP contribution in [0.2, 0.25) is 5.02 Å². The monoisotopic (exact) mass is 449 g/mol. The molecule has 1 aliphatic carbocycles. The minimum absolute atomic E-state index is 0.200. The quantitative estimate of drug-likeness (QED) is 0.561. The standard InChI is InChI=1S/C25H20ClNO5/c1-32-24(29)19-8-4-7-17(11-19)21-14-18(9-10-22(21)26)23(28)27(25(30)31)20-12-15-5-2-3-6-16(15)13-20/h2-11,14,20H,12-13H2,1H3,(H,30,31). The highest BCUT2D eigenvalue weighted by Crippen LogP contribution is 2.31. The molecule has 0 heterocycles. The summed E-state index contributed by atoms with van der Waals surface area (Å²) in [7, 11) is 1.29. The molecule has 1 aliphatic rings. The Labute approximate surface area is 190 Å². The van der Waals surface area contributed by atoms with Crippen LogP contribution in [0.4, 0.5) is 4.79 Å². The molecule has 1 N–H and O–H groups in total. The van der Waals surface area contributed by atoms with Gasteiger partial charge in [-0.25, -0.2) is 14.5 Å². The average Bonchev–Trinajstić information content (AvgIpc) is 3.22. The van der Waals surface area contributed by atoms with E-state index in [2.05, 4.69) is 0 Å². The minimum Gasteiger partial charge on any atom is -0.465 e. The first-order valence-electron chi connectivity index (χ1n) is 10.0. The van der Waals surface area contributed by atoms with E-state index in [0.29, 0.717) is 34.6 Å². The van der Waals surface area contributed by atoms with Crippen LogP contribution in [0.25, 0.3) is 11.1 Å². The largest absolute Gasteiger partial charge is 0.465 e. The molecule has 0 aromatic heterocycles. The Morgan fingerprint density at radius 3 is 2.25 bits per heavy atom. The first kappa shape index (κ1) is 21.6. The fourth-order valence-corrected chi connectivity index (χ4v) is 4.30. The number of esters is 1. The van der Waals surface area contributed by atoms with Crippen LogP contribution >= 0.6 is 11.6 Å². The molecule has 0 bridgehead atoms. The third-order valence-electron chi connectivity index (χ3n) is 5.63. The van der Waals surface area contributed by atoms with Crippen molar-refractivity contribution in [3.05, 3.63) is 94.0 Å². The maximum absolute atomic E-state index is 13.3. The molecule has 0 fully saturated rings. The molecule has 0 unspecified atom stereocenters. The molecule has 32 heavy (non-hydrogen) atoms. The third-order valence-corrected chi connectivity index (χ3v) is 5.96. The van der Waals surface area contributed by atoms with Crippen LogP contribution in [0.3, 0.4) is 0 Å². The van der Waals surface area contributed by atoms with E-state index in [0.717, 1.165) is 16.0 Å². The predicted molar refractivity (Wildman–Crippen MR) is 120 cm³/mol. The lowest BCUT2D eigenvalue weighted by Gasteiger charge is -2.24. The Bertz CT molecular complexity index is 1200. The third kappa shape index (κ3) is 4.09. The van der Waals surface area contributed by atoms with Crippen molar-refractivity contribution in [2.45, 2.75) is 18.9 Å². The Hall–Kier alpha value is -3.64. The highest BCUT2D eigenvalue weighted by atomic mass is 35.5. The maximum atomic E-state index is 13.3. The smallest absolute Gasteiger partial charge is 0.414 e. The lowest BCUT2D eigenvalue weighted by Crippen LogP contribution is -2.44. The number of hydrogen-bond acceptors (Lipinski definition) is 4. The number of methoxy groups -OCH3 is 1. The molecular weight excluding hydrogens is 430 g/mol. The highest BCUT2D eigenvalue weighted by Gasteiger charge is 2.35. The SMILES string of the molecule is COC(=O)c1cccc(-c2cc(C(=O)N(C(=O)O)C3Cc4ccccc4C3)ccc2Cl)c1. The van der Waals surface area contributed by atoms with Crippen LogP contribution in [0, 0.1) is 0 Å². The molecule has 3 aromatic rings. The molecule has 3 aromatic carbocycles. The molecule has 0 radical (unpaired) electrons. The average molecular weight is 450 g/mol. The summed E-state index contributed by atoms with van der Waals surface area (Å²) in [5.41, 5.74) is 3.77. The van der Waals surface area contributed by atoms with Gasteiger partial charge in [-0.3, -0.25) is 4.79 Å². The van der Waals surface area contributed by atoms with E-state index in [9.17, 15) is 19.5 Å². The van der Waals surface area contributed by atoms with Crippen LogP contribution in [-0.2, 0) is 17.6 Å². The van der Waals surface area contributed by atoms with Crippen molar-refractivity contribution < 1.29 is 24.2 Å². The molecule has 7 heteroatoms. The van der Waals surface area contributed by atoms with Crippen molar-refractivity contribution >= 4 is 29.6 Å². The number of benzene rings is 3. The summed E-state index contributed by atoms with van der Waals surface area (Å²) in [5.74, 6) is -1.11. The predicted octanol–water partition coefficient (Wildman–Crippen LogP) is 5.08. The van der Waals surface area contributed by atoms with Crippen LogP contribution in [0.15, 0.2) is 66.7 Å². The van der Waals surface area contributed by atoms with Gasteiger partial charge in [0.1, 0.15) is 0 Å². The molecule has 0 spiro atoms. The first-order valence-corrected chi connectivity index (χ1v) is 10.4. The van der Waals surface area contributed by atoms with E-state index < -0.39 is 24.0 Å². The van der Waals surface area contributed by atoms with Gasteiger partial charge in [-0.05, 0) is 59.9 Å². The lowest BCUT2D eigenvalue weighted by atomic mass is 10.00. The molecule has 0 saturated heterocycles. The second kappa shape index (κ2) is 8.85. The van der Waals surface area contributed by atoms with Gasteiger partial charge < -0.3 is 9.84 Å². The van der Waals surface area contributed by atoms with Crippen molar-refractivity contribution in [1.29, 1.82) is 0 Å². The van der Waals surface area contributed by atoms with E-state index in [4.69, 9.17) is 16.3 Å². The number of nitrogens with zero attached hydrogens (tertiary/aromatic N) is 1. The molecule has 6 nitrogen and oxygen atoms in total. The van der Waals surface area contributed by atoms with Crippen molar-refractivity contribution in [2.75, 3.05) is 7.11 Å². The summed E-state index contributed by atoms with van der Waals surface area (Å²) in [5, 5.41) is 10.2. The number of carbonyl (C=O) groups excluding carboxylic acids is 2. The number of carboxylic acid groups (broad SMARTS) is 1. The van der Waals surface area contributed by atoms with Gasteiger partial charge in [0.25, 0.3) is 5.91 Å². The van der Waals surface area contributed by atoms with Crippen molar-refractivity contribution in [2.24, 2.45) is 0 Å². The molecule has 2 amide bonds. The van der Waals surface area contributed by atoms with Gasteiger partial charge in [-0.2, -0.15) is 0 Å². The number of ether oxygens (including phenoxy) is 1. The number of halogens is 1. The van der Waals surface area contributed by atoms with Crippen LogP contribution in [0.5, 0.6) is 0 Å². The molecule has 0 atom stereocenters. The van der Waals surface area contributed by atoms with Gasteiger partial charge in [-0.1, -0.05) is 48.0 Å². The fourth-order valence-electron chi connectivity index (χ4n) is 4.08. The number of imide groups is 1. The Kier molecular flexibility index (Phi) is 5.97. The molecule has 4 rings (SSSR count). The summed E-state index contributed by atoms with van der Waals surface area (Å²) in [6, 6.07) is 18.5. The molecular formula is C25H20ClNO5. The zero-order valence-corrected chi connectivity index (χ0v) is 18.0. The molecule has 0 aliphatic heterocycles. The topological polar surface area (TPSA) is 83.9 Å². The van der Waals surface area contributed by atoms with Crippen molar-refractivity contribution in [3.63, 3.8) is 0 Å². The number of carbonyl (C=O) groups is 3. The van der Waals surface area contributed by atoms with Gasteiger partial charge in [0.2, 0.25) is 0 Å².